The molecule has 1 saturated carbocycles. The number of rotatable bonds is 1. The van der Waals surface area contributed by atoms with Crippen molar-refractivity contribution in [2.24, 2.45) is 11.8 Å². The molecule has 76 valence electrons. The summed E-state index contributed by atoms with van der Waals surface area (Å²) in [4.78, 5) is 0. The van der Waals surface area contributed by atoms with Crippen molar-refractivity contribution < 1.29 is 0 Å². The summed E-state index contributed by atoms with van der Waals surface area (Å²) in [7, 11) is 0. The predicted molar refractivity (Wildman–Crippen MR) is 59.5 cm³/mol. The van der Waals surface area contributed by atoms with Gasteiger partial charge in [0.05, 0.1) is 0 Å². The monoisotopic (exact) mass is 172 g/mol. The summed E-state index contributed by atoms with van der Waals surface area (Å²) in [5.41, 5.74) is 0. The molecule has 0 aromatic carbocycles. The van der Waals surface area contributed by atoms with E-state index in [4.69, 9.17) is 0 Å². The van der Waals surface area contributed by atoms with Crippen LogP contribution in [0.5, 0.6) is 0 Å². The van der Waals surface area contributed by atoms with Crippen molar-refractivity contribution in [2.45, 2.75) is 67.2 Å². The van der Waals surface area contributed by atoms with Crippen LogP contribution >= 0.6 is 0 Å². The Labute approximate surface area is 79.8 Å². The fraction of sp³-hybridized carbons (Fsp3) is 1.00. The Morgan fingerprint density at radius 2 is 1.50 bits per heavy atom. The Kier molecular flexibility index (Phi) is 13.3. The van der Waals surface area contributed by atoms with Crippen LogP contribution < -0.4 is 0 Å². The van der Waals surface area contributed by atoms with Crippen LogP contribution in [0.15, 0.2) is 0 Å². The molecule has 0 bridgehead atoms. The molecule has 0 aliphatic heterocycles. The lowest BCUT2D eigenvalue weighted by atomic mass is 10.0. The first-order valence-electron chi connectivity index (χ1n) is 5.83. The highest BCUT2D eigenvalue weighted by Gasteiger charge is 2.18. The molecule has 0 N–H and O–H groups in total. The van der Waals surface area contributed by atoms with E-state index >= 15 is 0 Å². The first kappa shape index (κ1) is 14.5. The normalized spacial score (nSPS) is 26.5. The zero-order valence-electron chi connectivity index (χ0n) is 9.98. The molecule has 0 radical (unpaired) electrons. The van der Waals surface area contributed by atoms with Gasteiger partial charge < -0.3 is 0 Å². The average Bonchev–Trinajstić information content (AvgIpc) is 2.58. The minimum Gasteiger partial charge on any atom is -0.0683 e. The largest absolute Gasteiger partial charge is 0.0683 e. The van der Waals surface area contributed by atoms with E-state index in [9.17, 15) is 0 Å². The highest BCUT2D eigenvalue weighted by Crippen LogP contribution is 2.31. The minimum atomic E-state index is 1.03. The van der Waals surface area contributed by atoms with Gasteiger partial charge in [0.25, 0.3) is 0 Å². The summed E-state index contributed by atoms with van der Waals surface area (Å²) in [6, 6.07) is 0. The molecule has 0 amide bonds. The molecule has 12 heavy (non-hydrogen) atoms. The fourth-order valence-corrected chi connectivity index (χ4v) is 1.70. The van der Waals surface area contributed by atoms with E-state index < -0.39 is 0 Å². The third-order valence-electron chi connectivity index (χ3n) is 2.38. The van der Waals surface area contributed by atoms with Crippen LogP contribution in [-0.4, -0.2) is 0 Å². The van der Waals surface area contributed by atoms with Crippen LogP contribution in [0, 0.1) is 11.8 Å². The third-order valence-corrected chi connectivity index (χ3v) is 2.38. The summed E-state index contributed by atoms with van der Waals surface area (Å²) in [5, 5.41) is 0. The summed E-state index contributed by atoms with van der Waals surface area (Å²) in [6.45, 7) is 12.7. The lowest BCUT2D eigenvalue weighted by Crippen LogP contribution is -1.89. The van der Waals surface area contributed by atoms with Crippen LogP contribution in [0.1, 0.15) is 67.2 Å². The third kappa shape index (κ3) is 6.69. The van der Waals surface area contributed by atoms with E-state index in [0.717, 1.165) is 11.8 Å². The van der Waals surface area contributed by atoms with E-state index in [1.807, 2.05) is 27.7 Å². The topological polar surface area (TPSA) is 0 Å². The lowest BCUT2D eigenvalue weighted by Gasteiger charge is -2.02. The zero-order chi connectivity index (χ0) is 9.98. The van der Waals surface area contributed by atoms with Crippen molar-refractivity contribution in [3.05, 3.63) is 0 Å². The summed E-state index contributed by atoms with van der Waals surface area (Å²) in [6.07, 6.45) is 5.89. The van der Waals surface area contributed by atoms with Crippen molar-refractivity contribution >= 4 is 0 Å². The van der Waals surface area contributed by atoms with Crippen molar-refractivity contribution in [3.8, 4) is 0 Å². The second kappa shape index (κ2) is 11.0. The van der Waals surface area contributed by atoms with Gasteiger partial charge in [0, 0.05) is 0 Å². The van der Waals surface area contributed by atoms with Crippen LogP contribution in [-0.2, 0) is 0 Å². The molecule has 1 aliphatic rings. The second-order valence-electron chi connectivity index (χ2n) is 3.19. The maximum atomic E-state index is 2.37. The molecule has 0 spiro atoms. The Balaban J connectivity index is 0. The molecule has 2 unspecified atom stereocenters. The van der Waals surface area contributed by atoms with E-state index in [2.05, 4.69) is 13.8 Å². The highest BCUT2D eigenvalue weighted by molar-refractivity contribution is 4.70. The predicted octanol–water partition coefficient (Wildman–Crippen LogP) is 4.89. The Bertz CT molecular complexity index is 66.4. The average molecular weight is 172 g/mol. The Hall–Kier alpha value is 0. The van der Waals surface area contributed by atoms with E-state index in [-0.39, 0.29) is 0 Å². The van der Waals surface area contributed by atoms with Gasteiger partial charge in [0.15, 0.2) is 0 Å². The van der Waals surface area contributed by atoms with Gasteiger partial charge in [-0.3, -0.25) is 0 Å². The maximum Gasteiger partial charge on any atom is -0.0414 e. The van der Waals surface area contributed by atoms with Gasteiger partial charge in [0.1, 0.15) is 0 Å². The molecule has 0 heteroatoms. The van der Waals surface area contributed by atoms with Crippen LogP contribution in [0.4, 0.5) is 0 Å². The van der Waals surface area contributed by atoms with E-state index in [1.165, 1.54) is 25.7 Å². The standard InChI is InChI=1S/C8H16.2C2H6/c1-3-8-5-4-7(2)6-8;2*1-2/h7-8H,3-6H2,1-2H3;2*1-2H3. The first-order chi connectivity index (χ1) is 5.83. The van der Waals surface area contributed by atoms with Crippen LogP contribution in [0.3, 0.4) is 0 Å². The molecule has 0 aromatic rings. The van der Waals surface area contributed by atoms with Gasteiger partial charge in [-0.1, -0.05) is 60.8 Å². The van der Waals surface area contributed by atoms with Gasteiger partial charge in [-0.25, -0.2) is 0 Å². The quantitative estimate of drug-likeness (QED) is 0.528. The van der Waals surface area contributed by atoms with E-state index in [1.54, 1.807) is 0 Å². The van der Waals surface area contributed by atoms with Gasteiger partial charge >= 0.3 is 0 Å². The highest BCUT2D eigenvalue weighted by atomic mass is 14.2. The van der Waals surface area contributed by atoms with Gasteiger partial charge in [-0.05, 0) is 18.3 Å². The molecule has 1 fully saturated rings. The fourth-order valence-electron chi connectivity index (χ4n) is 1.70. The van der Waals surface area contributed by atoms with Gasteiger partial charge in [-0.2, -0.15) is 0 Å². The maximum absolute atomic E-state index is 2.37. The SMILES string of the molecule is CC.CC.CCC1CCC(C)C1. The van der Waals surface area contributed by atoms with Crippen molar-refractivity contribution in [1.29, 1.82) is 0 Å². The molecular weight excluding hydrogens is 144 g/mol. The Morgan fingerprint density at radius 1 is 1.00 bits per heavy atom. The van der Waals surface area contributed by atoms with Crippen LogP contribution in [0.2, 0.25) is 0 Å². The van der Waals surface area contributed by atoms with E-state index in [0.29, 0.717) is 0 Å². The molecule has 0 saturated heterocycles. The molecule has 0 nitrogen and oxygen atoms in total. The molecule has 1 aliphatic carbocycles. The number of hydrogen-bond acceptors (Lipinski definition) is 0. The minimum absolute atomic E-state index is 1.03. The molecule has 0 heterocycles. The first-order valence-corrected chi connectivity index (χ1v) is 5.83. The smallest absolute Gasteiger partial charge is 0.0414 e. The summed E-state index contributed by atoms with van der Waals surface area (Å²) in [5.74, 6) is 2.10. The summed E-state index contributed by atoms with van der Waals surface area (Å²) < 4.78 is 0. The van der Waals surface area contributed by atoms with Crippen LogP contribution in [0.25, 0.3) is 0 Å². The molecule has 2 atom stereocenters. The molecular formula is C12H28. The van der Waals surface area contributed by atoms with Crippen molar-refractivity contribution in [2.75, 3.05) is 0 Å². The second-order valence-corrected chi connectivity index (χ2v) is 3.19. The summed E-state index contributed by atoms with van der Waals surface area (Å²) >= 11 is 0. The lowest BCUT2D eigenvalue weighted by molar-refractivity contribution is 0.501. The molecule has 0 aromatic heterocycles. The van der Waals surface area contributed by atoms with Crippen molar-refractivity contribution in [1.82, 2.24) is 0 Å². The zero-order valence-corrected chi connectivity index (χ0v) is 9.98. The number of hydrogen-bond donors (Lipinski definition) is 0. The van der Waals surface area contributed by atoms with Crippen molar-refractivity contribution in [3.63, 3.8) is 0 Å². The van der Waals surface area contributed by atoms with Gasteiger partial charge in [0.2, 0.25) is 0 Å². The molecule has 1 rings (SSSR count). The van der Waals surface area contributed by atoms with Gasteiger partial charge in [-0.15, -0.1) is 0 Å². The Morgan fingerprint density at radius 3 is 1.67 bits per heavy atom.